The molecule has 0 radical (unpaired) electrons. The molecule has 0 aliphatic heterocycles. The molecular weight excluding hydrogens is 314 g/mol. The van der Waals surface area contributed by atoms with Gasteiger partial charge >= 0.3 is 0 Å². The summed E-state index contributed by atoms with van der Waals surface area (Å²) in [6.07, 6.45) is 5.96. The van der Waals surface area contributed by atoms with Crippen LogP contribution in [0.1, 0.15) is 39.0 Å². The first-order valence-corrected chi connectivity index (χ1v) is 8.34. The fourth-order valence-electron chi connectivity index (χ4n) is 2.96. The van der Waals surface area contributed by atoms with Gasteiger partial charge in [0.15, 0.2) is 5.11 Å². The highest BCUT2D eigenvalue weighted by Gasteiger charge is 2.20. The fourth-order valence-corrected chi connectivity index (χ4v) is 3.23. The highest BCUT2D eigenvalue weighted by Crippen LogP contribution is 2.29. The van der Waals surface area contributed by atoms with Crippen molar-refractivity contribution in [3.63, 3.8) is 0 Å². The van der Waals surface area contributed by atoms with E-state index in [2.05, 4.69) is 17.6 Å². The third kappa shape index (κ3) is 4.79. The third-order valence-corrected chi connectivity index (χ3v) is 4.62. The molecule has 7 heteroatoms. The SMILES string of the molecule is CCC1CCC(NC(=S)Nc2ccc([N+](=O)[O-])cc2OC)CC1. The second kappa shape index (κ2) is 8.10. The van der Waals surface area contributed by atoms with Crippen LogP contribution in [0.5, 0.6) is 5.75 Å². The summed E-state index contributed by atoms with van der Waals surface area (Å²) in [5.41, 5.74) is 0.613. The molecule has 23 heavy (non-hydrogen) atoms. The number of nitro benzene ring substituents is 1. The highest BCUT2D eigenvalue weighted by molar-refractivity contribution is 7.80. The molecule has 0 amide bonds. The van der Waals surface area contributed by atoms with Crippen LogP contribution < -0.4 is 15.4 Å². The Balaban J connectivity index is 1.94. The summed E-state index contributed by atoms with van der Waals surface area (Å²) in [6, 6.07) is 4.82. The summed E-state index contributed by atoms with van der Waals surface area (Å²) in [4.78, 5) is 10.4. The van der Waals surface area contributed by atoms with E-state index in [0.717, 1.165) is 18.8 Å². The standard InChI is InChI=1S/C16H23N3O3S/c1-3-11-4-6-12(7-5-11)17-16(23)18-14-9-8-13(19(20)21)10-15(14)22-2/h8-12H,3-7H2,1-2H3,(H2,17,18,23). The quantitative estimate of drug-likeness (QED) is 0.483. The van der Waals surface area contributed by atoms with Crippen LogP contribution in [0, 0.1) is 16.0 Å². The minimum absolute atomic E-state index is 0.0100. The van der Waals surface area contributed by atoms with Crippen LogP contribution >= 0.6 is 12.2 Å². The van der Waals surface area contributed by atoms with Gasteiger partial charge in [0.05, 0.1) is 23.8 Å². The molecule has 2 rings (SSSR count). The van der Waals surface area contributed by atoms with E-state index in [1.165, 1.54) is 38.5 Å². The van der Waals surface area contributed by atoms with Crippen molar-refractivity contribution in [3.05, 3.63) is 28.3 Å². The van der Waals surface area contributed by atoms with Crippen molar-refractivity contribution in [2.24, 2.45) is 5.92 Å². The van der Waals surface area contributed by atoms with E-state index in [4.69, 9.17) is 17.0 Å². The van der Waals surface area contributed by atoms with E-state index in [1.807, 2.05) is 0 Å². The normalized spacial score (nSPS) is 20.6. The fraction of sp³-hybridized carbons (Fsp3) is 0.562. The summed E-state index contributed by atoms with van der Waals surface area (Å²) in [6.45, 7) is 2.24. The van der Waals surface area contributed by atoms with Gasteiger partial charge < -0.3 is 15.4 Å². The maximum absolute atomic E-state index is 10.8. The second-order valence-electron chi connectivity index (χ2n) is 5.87. The number of nitrogens with zero attached hydrogens (tertiary/aromatic N) is 1. The van der Waals surface area contributed by atoms with Crippen LogP contribution in [0.2, 0.25) is 0 Å². The van der Waals surface area contributed by atoms with Gasteiger partial charge in [-0.25, -0.2) is 0 Å². The number of nitrogens with one attached hydrogen (secondary N) is 2. The van der Waals surface area contributed by atoms with Crippen LogP contribution in [-0.4, -0.2) is 23.2 Å². The Kier molecular flexibility index (Phi) is 6.15. The molecule has 0 unspecified atom stereocenters. The number of benzene rings is 1. The summed E-state index contributed by atoms with van der Waals surface area (Å²) in [5, 5.41) is 17.7. The van der Waals surface area contributed by atoms with E-state index in [-0.39, 0.29) is 5.69 Å². The van der Waals surface area contributed by atoms with Crippen molar-refractivity contribution in [3.8, 4) is 5.75 Å². The van der Waals surface area contributed by atoms with E-state index >= 15 is 0 Å². The predicted molar refractivity (Wildman–Crippen MR) is 95.0 cm³/mol. The molecular formula is C16H23N3O3S. The molecule has 0 atom stereocenters. The lowest BCUT2D eigenvalue weighted by Crippen LogP contribution is -2.40. The molecule has 0 saturated heterocycles. The highest BCUT2D eigenvalue weighted by atomic mass is 32.1. The van der Waals surface area contributed by atoms with Crippen molar-refractivity contribution in [1.29, 1.82) is 0 Å². The minimum Gasteiger partial charge on any atom is -0.494 e. The van der Waals surface area contributed by atoms with Gasteiger partial charge in [-0.1, -0.05) is 13.3 Å². The average Bonchev–Trinajstić information content (AvgIpc) is 2.55. The minimum atomic E-state index is -0.449. The number of nitro groups is 1. The summed E-state index contributed by atoms with van der Waals surface area (Å²) in [5.74, 6) is 1.24. The monoisotopic (exact) mass is 337 g/mol. The smallest absolute Gasteiger partial charge is 0.273 e. The number of thiocarbonyl (C=S) groups is 1. The molecule has 0 heterocycles. The third-order valence-electron chi connectivity index (χ3n) is 4.40. The molecule has 2 N–H and O–H groups in total. The molecule has 126 valence electrons. The zero-order valence-electron chi connectivity index (χ0n) is 13.5. The lowest BCUT2D eigenvalue weighted by Gasteiger charge is -2.29. The van der Waals surface area contributed by atoms with Gasteiger partial charge in [0.25, 0.3) is 5.69 Å². The Bertz CT molecular complexity index is 572. The maximum Gasteiger partial charge on any atom is 0.273 e. The number of non-ortho nitro benzene ring substituents is 1. The molecule has 1 aliphatic carbocycles. The van der Waals surface area contributed by atoms with Crippen LogP contribution in [0.4, 0.5) is 11.4 Å². The van der Waals surface area contributed by atoms with Crippen molar-refractivity contribution in [1.82, 2.24) is 5.32 Å². The number of ether oxygens (including phenoxy) is 1. The zero-order valence-corrected chi connectivity index (χ0v) is 14.3. The molecule has 1 aromatic rings. The van der Waals surface area contributed by atoms with Gasteiger partial charge in [-0.2, -0.15) is 0 Å². The molecule has 0 bridgehead atoms. The maximum atomic E-state index is 10.8. The van der Waals surface area contributed by atoms with E-state index in [0.29, 0.717) is 22.6 Å². The number of anilines is 1. The first-order chi connectivity index (χ1) is 11.0. The molecule has 1 aromatic carbocycles. The predicted octanol–water partition coefficient (Wildman–Crippen LogP) is 3.86. The molecule has 0 aromatic heterocycles. The van der Waals surface area contributed by atoms with Crippen molar-refractivity contribution >= 4 is 28.7 Å². The molecule has 1 saturated carbocycles. The van der Waals surface area contributed by atoms with Gasteiger partial charge in [-0.3, -0.25) is 10.1 Å². The van der Waals surface area contributed by atoms with Crippen molar-refractivity contribution in [2.45, 2.75) is 45.1 Å². The average molecular weight is 337 g/mol. The Hall–Kier alpha value is -1.89. The van der Waals surface area contributed by atoms with Gasteiger partial charge in [0.2, 0.25) is 0 Å². The van der Waals surface area contributed by atoms with Crippen molar-refractivity contribution < 1.29 is 9.66 Å². The van der Waals surface area contributed by atoms with Crippen molar-refractivity contribution in [2.75, 3.05) is 12.4 Å². The molecule has 6 nitrogen and oxygen atoms in total. The van der Waals surface area contributed by atoms with Gasteiger partial charge in [0, 0.05) is 12.1 Å². The van der Waals surface area contributed by atoms with E-state index < -0.39 is 4.92 Å². The van der Waals surface area contributed by atoms with Crippen LogP contribution in [0.25, 0.3) is 0 Å². The van der Waals surface area contributed by atoms with Gasteiger partial charge in [0.1, 0.15) is 5.75 Å². The number of rotatable bonds is 5. The van der Waals surface area contributed by atoms with Crippen LogP contribution in [0.3, 0.4) is 0 Å². The lowest BCUT2D eigenvalue weighted by molar-refractivity contribution is -0.384. The Morgan fingerprint density at radius 3 is 2.65 bits per heavy atom. The van der Waals surface area contributed by atoms with Gasteiger partial charge in [-0.05, 0) is 49.9 Å². The zero-order chi connectivity index (χ0) is 16.8. The number of methoxy groups -OCH3 is 1. The molecule has 0 spiro atoms. The summed E-state index contributed by atoms with van der Waals surface area (Å²) >= 11 is 5.35. The van der Waals surface area contributed by atoms with Gasteiger partial charge in [-0.15, -0.1) is 0 Å². The summed E-state index contributed by atoms with van der Waals surface area (Å²) in [7, 11) is 1.48. The first kappa shape index (κ1) is 17.5. The Morgan fingerprint density at radius 1 is 1.39 bits per heavy atom. The van der Waals surface area contributed by atoms with E-state index in [1.54, 1.807) is 6.07 Å². The second-order valence-corrected chi connectivity index (χ2v) is 6.27. The lowest BCUT2D eigenvalue weighted by atomic mass is 9.85. The Labute approximate surface area is 141 Å². The topological polar surface area (TPSA) is 76.4 Å². The summed E-state index contributed by atoms with van der Waals surface area (Å²) < 4.78 is 5.20. The van der Waals surface area contributed by atoms with Crippen LogP contribution in [-0.2, 0) is 0 Å². The first-order valence-electron chi connectivity index (χ1n) is 7.93. The number of hydrogen-bond acceptors (Lipinski definition) is 4. The molecule has 1 aliphatic rings. The Morgan fingerprint density at radius 2 is 2.09 bits per heavy atom. The molecule has 1 fully saturated rings. The number of hydrogen-bond donors (Lipinski definition) is 2. The van der Waals surface area contributed by atoms with E-state index in [9.17, 15) is 10.1 Å². The van der Waals surface area contributed by atoms with Crippen LogP contribution in [0.15, 0.2) is 18.2 Å². The largest absolute Gasteiger partial charge is 0.494 e.